The second kappa shape index (κ2) is 7.78. The number of hydrogen-bond acceptors (Lipinski definition) is 4. The molecule has 0 aliphatic carbocycles. The maximum absolute atomic E-state index is 11.9. The average molecular weight is 378 g/mol. The third kappa shape index (κ3) is 5.10. The van der Waals surface area contributed by atoms with Gasteiger partial charge in [0.25, 0.3) is 5.91 Å². The highest BCUT2D eigenvalue weighted by Gasteiger charge is 2.09. The molecule has 0 saturated heterocycles. The first-order valence-corrected chi connectivity index (χ1v) is 7.71. The van der Waals surface area contributed by atoms with Gasteiger partial charge in [-0.1, -0.05) is 18.2 Å². The molecule has 120 valence electrons. The van der Waals surface area contributed by atoms with E-state index < -0.39 is 5.97 Å². The highest BCUT2D eigenvalue weighted by atomic mass is 79.9. The Morgan fingerprint density at radius 3 is 2.52 bits per heavy atom. The van der Waals surface area contributed by atoms with Crippen LogP contribution in [-0.4, -0.2) is 18.5 Å². The van der Waals surface area contributed by atoms with Crippen molar-refractivity contribution in [3.05, 3.63) is 58.0 Å². The zero-order valence-corrected chi connectivity index (χ0v) is 14.3. The van der Waals surface area contributed by atoms with Crippen molar-refractivity contribution in [3.8, 4) is 0 Å². The molecule has 1 aromatic heterocycles. The van der Waals surface area contributed by atoms with Gasteiger partial charge in [0.2, 0.25) is 0 Å². The van der Waals surface area contributed by atoms with E-state index in [2.05, 4.69) is 21.2 Å². The van der Waals surface area contributed by atoms with E-state index >= 15 is 0 Å². The van der Waals surface area contributed by atoms with Crippen molar-refractivity contribution < 1.29 is 18.7 Å². The molecule has 0 bridgehead atoms. The van der Waals surface area contributed by atoms with Crippen LogP contribution in [-0.2, 0) is 14.3 Å². The van der Waals surface area contributed by atoms with Crippen molar-refractivity contribution in [2.45, 2.75) is 13.8 Å². The zero-order valence-electron chi connectivity index (χ0n) is 12.8. The Hall–Kier alpha value is -2.34. The van der Waals surface area contributed by atoms with Gasteiger partial charge in [-0.3, -0.25) is 4.79 Å². The van der Waals surface area contributed by atoms with Gasteiger partial charge in [-0.2, -0.15) is 0 Å². The van der Waals surface area contributed by atoms with Crippen LogP contribution in [0.3, 0.4) is 0 Å². The molecule has 1 heterocycles. The molecule has 2 aromatic rings. The van der Waals surface area contributed by atoms with Crippen LogP contribution >= 0.6 is 15.9 Å². The second-order valence-electron chi connectivity index (χ2n) is 4.90. The van der Waals surface area contributed by atoms with Gasteiger partial charge in [0.1, 0.15) is 5.76 Å². The highest BCUT2D eigenvalue weighted by Crippen LogP contribution is 2.19. The Balaban J connectivity index is 1.84. The van der Waals surface area contributed by atoms with E-state index in [4.69, 9.17) is 9.15 Å². The number of furan rings is 1. The van der Waals surface area contributed by atoms with E-state index in [0.29, 0.717) is 10.4 Å². The third-order valence-corrected chi connectivity index (χ3v) is 3.49. The minimum atomic E-state index is -0.617. The predicted molar refractivity (Wildman–Crippen MR) is 90.9 cm³/mol. The van der Waals surface area contributed by atoms with Crippen LogP contribution in [0.5, 0.6) is 0 Å². The first kappa shape index (κ1) is 17.0. The largest absolute Gasteiger partial charge is 0.452 e. The Morgan fingerprint density at radius 1 is 1.22 bits per heavy atom. The number of anilines is 1. The van der Waals surface area contributed by atoms with E-state index in [1.54, 1.807) is 12.1 Å². The summed E-state index contributed by atoms with van der Waals surface area (Å²) in [5.74, 6) is -0.493. The van der Waals surface area contributed by atoms with E-state index in [0.717, 1.165) is 16.8 Å². The lowest BCUT2D eigenvalue weighted by Crippen LogP contribution is -2.21. The Labute approximate surface area is 142 Å². The van der Waals surface area contributed by atoms with Gasteiger partial charge in [-0.05, 0) is 59.1 Å². The molecular formula is C17H16BrNO4. The van der Waals surface area contributed by atoms with Crippen molar-refractivity contribution in [2.24, 2.45) is 0 Å². The Kier molecular flexibility index (Phi) is 5.76. The lowest BCUT2D eigenvalue weighted by Gasteiger charge is -2.11. The summed E-state index contributed by atoms with van der Waals surface area (Å²) in [5.41, 5.74) is 2.64. The van der Waals surface area contributed by atoms with Crippen molar-refractivity contribution in [2.75, 3.05) is 11.9 Å². The minimum absolute atomic E-state index is 0.348. The third-order valence-electron chi connectivity index (χ3n) is 3.07. The number of carbonyl (C=O) groups is 2. The number of hydrogen-bond donors (Lipinski definition) is 1. The molecular weight excluding hydrogens is 362 g/mol. The van der Waals surface area contributed by atoms with E-state index in [1.165, 1.54) is 12.2 Å². The first-order chi connectivity index (χ1) is 11.0. The molecule has 0 aliphatic heterocycles. The summed E-state index contributed by atoms with van der Waals surface area (Å²) in [6, 6.07) is 9.13. The molecule has 1 amide bonds. The number of nitrogens with one attached hydrogen (secondary N) is 1. The lowest BCUT2D eigenvalue weighted by molar-refractivity contribution is -0.142. The average Bonchev–Trinajstić information content (AvgIpc) is 2.92. The normalized spacial score (nSPS) is 10.7. The van der Waals surface area contributed by atoms with Crippen LogP contribution in [0.2, 0.25) is 0 Å². The Bertz CT molecular complexity index is 729. The number of ether oxygens (including phenoxy) is 1. The standard InChI is InChI=1S/C17H16BrNO4/c1-11-4-3-5-12(2)17(11)19-15(20)10-22-16(21)9-7-13-6-8-14(18)23-13/h3-9H,10H2,1-2H3,(H,19,20). The van der Waals surface area contributed by atoms with Crippen LogP contribution in [0.1, 0.15) is 16.9 Å². The zero-order chi connectivity index (χ0) is 16.8. The SMILES string of the molecule is Cc1cccc(C)c1NC(=O)COC(=O)C=Cc1ccc(Br)o1. The number of carbonyl (C=O) groups excluding carboxylic acids is 2. The number of rotatable bonds is 5. The Morgan fingerprint density at radius 2 is 1.91 bits per heavy atom. The molecule has 23 heavy (non-hydrogen) atoms. The van der Waals surface area contributed by atoms with Crippen LogP contribution in [0.4, 0.5) is 5.69 Å². The molecule has 0 spiro atoms. The fourth-order valence-electron chi connectivity index (χ4n) is 1.94. The van der Waals surface area contributed by atoms with Crippen molar-refractivity contribution in [1.29, 1.82) is 0 Å². The van der Waals surface area contributed by atoms with Gasteiger partial charge >= 0.3 is 5.97 Å². The summed E-state index contributed by atoms with van der Waals surface area (Å²) in [6.07, 6.45) is 2.67. The van der Waals surface area contributed by atoms with Crippen molar-refractivity contribution in [1.82, 2.24) is 0 Å². The number of para-hydroxylation sites is 1. The fourth-order valence-corrected chi connectivity index (χ4v) is 2.26. The molecule has 6 heteroatoms. The molecule has 0 aliphatic rings. The number of amides is 1. The summed E-state index contributed by atoms with van der Waals surface area (Å²) in [5, 5.41) is 2.75. The summed E-state index contributed by atoms with van der Waals surface area (Å²) < 4.78 is 10.7. The smallest absolute Gasteiger partial charge is 0.331 e. The second-order valence-corrected chi connectivity index (χ2v) is 5.68. The van der Waals surface area contributed by atoms with E-state index in [9.17, 15) is 9.59 Å². The quantitative estimate of drug-likeness (QED) is 0.634. The molecule has 5 nitrogen and oxygen atoms in total. The number of esters is 1. The molecule has 1 N–H and O–H groups in total. The number of benzene rings is 1. The van der Waals surface area contributed by atoms with E-state index in [-0.39, 0.29) is 12.5 Å². The maximum Gasteiger partial charge on any atom is 0.331 e. The van der Waals surface area contributed by atoms with Crippen molar-refractivity contribution >= 4 is 39.6 Å². The van der Waals surface area contributed by atoms with E-state index in [1.807, 2.05) is 32.0 Å². The topological polar surface area (TPSA) is 68.5 Å². The van der Waals surface area contributed by atoms with Gasteiger partial charge in [0, 0.05) is 11.8 Å². The van der Waals surface area contributed by atoms with Crippen LogP contribution < -0.4 is 5.32 Å². The van der Waals surface area contributed by atoms with Gasteiger partial charge < -0.3 is 14.5 Å². The molecule has 0 saturated carbocycles. The number of aryl methyl sites for hydroxylation is 2. The van der Waals surface area contributed by atoms with Crippen molar-refractivity contribution in [3.63, 3.8) is 0 Å². The first-order valence-electron chi connectivity index (χ1n) is 6.92. The molecule has 0 fully saturated rings. The molecule has 0 radical (unpaired) electrons. The fraction of sp³-hybridized carbons (Fsp3) is 0.176. The predicted octanol–water partition coefficient (Wildman–Crippen LogP) is 3.85. The maximum atomic E-state index is 11.9. The lowest BCUT2D eigenvalue weighted by atomic mass is 10.1. The van der Waals surface area contributed by atoms with Gasteiger partial charge in [0.15, 0.2) is 11.3 Å². The molecule has 0 atom stereocenters. The van der Waals surface area contributed by atoms with Gasteiger partial charge in [0.05, 0.1) is 0 Å². The van der Waals surface area contributed by atoms with Gasteiger partial charge in [-0.15, -0.1) is 0 Å². The molecule has 1 aromatic carbocycles. The molecule has 2 rings (SSSR count). The van der Waals surface area contributed by atoms with Crippen LogP contribution in [0, 0.1) is 13.8 Å². The minimum Gasteiger partial charge on any atom is -0.452 e. The number of halogens is 1. The highest BCUT2D eigenvalue weighted by molar-refractivity contribution is 9.10. The summed E-state index contributed by atoms with van der Waals surface area (Å²) >= 11 is 3.16. The molecule has 0 unspecified atom stereocenters. The summed E-state index contributed by atoms with van der Waals surface area (Å²) in [7, 11) is 0. The summed E-state index contributed by atoms with van der Waals surface area (Å²) in [6.45, 7) is 3.45. The van der Waals surface area contributed by atoms with Crippen LogP contribution in [0.15, 0.2) is 45.5 Å². The van der Waals surface area contributed by atoms with Gasteiger partial charge in [-0.25, -0.2) is 4.79 Å². The summed E-state index contributed by atoms with van der Waals surface area (Å²) in [4.78, 5) is 23.4. The van der Waals surface area contributed by atoms with Crippen LogP contribution in [0.25, 0.3) is 6.08 Å². The monoisotopic (exact) mass is 377 g/mol.